The fourth-order valence-electron chi connectivity index (χ4n) is 5.90. The molecule has 0 unspecified atom stereocenters. The Labute approximate surface area is 200 Å². The second kappa shape index (κ2) is 7.51. The zero-order valence-electron chi connectivity index (χ0n) is 20.0. The standard InChI is InChI=1S/C26H29NO6Si/c1-5-34(6-2,7-3)33-26-11-10-16-12-20-21(31-14-30-20)13-17(16)24(26)27(4)25(28)22-18(26)8-9-19-23(22)32-15-29-19/h8-13,24H,5-7,14-15H2,1-4H3/t24-,26+/m0/s1. The average Bonchev–Trinajstić information content (AvgIpc) is 3.53. The fourth-order valence-corrected chi connectivity index (χ4v) is 8.84. The van der Waals surface area contributed by atoms with Gasteiger partial charge in [0.2, 0.25) is 13.6 Å². The summed E-state index contributed by atoms with van der Waals surface area (Å²) in [6.45, 7) is 6.98. The quantitative estimate of drug-likeness (QED) is 0.548. The van der Waals surface area contributed by atoms with Crippen LogP contribution in [0, 0.1) is 0 Å². The normalized spacial score (nSPS) is 23.6. The van der Waals surface area contributed by atoms with E-state index >= 15 is 0 Å². The Morgan fingerprint density at radius 1 is 1.00 bits per heavy atom. The predicted molar refractivity (Wildman–Crippen MR) is 129 cm³/mol. The molecule has 2 aromatic carbocycles. The molecule has 0 N–H and O–H groups in total. The first-order chi connectivity index (χ1) is 16.5. The minimum atomic E-state index is -2.13. The van der Waals surface area contributed by atoms with Crippen LogP contribution in [0.25, 0.3) is 6.08 Å². The number of ether oxygens (including phenoxy) is 4. The molecule has 1 aliphatic carbocycles. The van der Waals surface area contributed by atoms with Gasteiger partial charge < -0.3 is 28.3 Å². The van der Waals surface area contributed by atoms with Crippen molar-refractivity contribution in [2.45, 2.75) is 50.5 Å². The van der Waals surface area contributed by atoms with E-state index in [0.29, 0.717) is 22.8 Å². The number of hydrogen-bond donors (Lipinski definition) is 0. The summed E-state index contributed by atoms with van der Waals surface area (Å²) in [5, 5.41) is 0. The number of nitrogens with zero attached hydrogens (tertiary/aromatic N) is 1. The van der Waals surface area contributed by atoms with Crippen molar-refractivity contribution in [3.05, 3.63) is 52.6 Å². The number of hydrogen-bond acceptors (Lipinski definition) is 6. The molecule has 2 atom stereocenters. The summed E-state index contributed by atoms with van der Waals surface area (Å²) in [7, 11) is -0.276. The topological polar surface area (TPSA) is 66.5 Å². The van der Waals surface area contributed by atoms with E-state index in [4.69, 9.17) is 23.4 Å². The van der Waals surface area contributed by atoms with Crippen LogP contribution in [-0.2, 0) is 10.0 Å². The molecule has 0 fully saturated rings. The number of carbonyl (C=O) groups is 1. The lowest BCUT2D eigenvalue weighted by Gasteiger charge is -2.53. The third kappa shape index (κ3) is 2.75. The van der Waals surface area contributed by atoms with E-state index in [1.165, 1.54) is 0 Å². The van der Waals surface area contributed by atoms with Crippen molar-refractivity contribution in [2.75, 3.05) is 20.6 Å². The molecule has 4 aliphatic rings. The van der Waals surface area contributed by atoms with Crippen LogP contribution in [0.2, 0.25) is 18.1 Å². The van der Waals surface area contributed by atoms with Gasteiger partial charge in [0.15, 0.2) is 31.3 Å². The Kier molecular flexibility index (Phi) is 4.76. The molecule has 3 heterocycles. The monoisotopic (exact) mass is 479 g/mol. The van der Waals surface area contributed by atoms with Crippen LogP contribution >= 0.6 is 0 Å². The molecule has 0 saturated heterocycles. The second-order valence-corrected chi connectivity index (χ2v) is 14.0. The Morgan fingerprint density at radius 3 is 2.41 bits per heavy atom. The van der Waals surface area contributed by atoms with Crippen LogP contribution in [0.5, 0.6) is 23.0 Å². The van der Waals surface area contributed by atoms with Gasteiger partial charge in [-0.2, -0.15) is 0 Å². The third-order valence-corrected chi connectivity index (χ3v) is 12.6. The van der Waals surface area contributed by atoms with Gasteiger partial charge in [0.25, 0.3) is 5.91 Å². The fraction of sp³-hybridized carbons (Fsp3) is 0.423. The van der Waals surface area contributed by atoms with Crippen LogP contribution in [0.3, 0.4) is 0 Å². The molecule has 0 bridgehead atoms. The van der Waals surface area contributed by atoms with Crippen molar-refractivity contribution < 1.29 is 28.2 Å². The minimum absolute atomic E-state index is 0.0998. The summed E-state index contributed by atoms with van der Waals surface area (Å²) in [4.78, 5) is 15.7. The Balaban J connectivity index is 1.63. The van der Waals surface area contributed by atoms with Gasteiger partial charge in [-0.3, -0.25) is 4.79 Å². The molecule has 0 spiro atoms. The number of rotatable bonds is 5. The van der Waals surface area contributed by atoms with Crippen molar-refractivity contribution in [1.29, 1.82) is 0 Å². The first-order valence-corrected chi connectivity index (χ1v) is 14.5. The SMILES string of the molecule is CC[Si](CC)(CC)O[C@@]12C=Cc3cc4c(cc3[C@@H]1N(C)C(=O)c1c2ccc2c1OCO2)OCO4. The van der Waals surface area contributed by atoms with Gasteiger partial charge in [-0.15, -0.1) is 0 Å². The molecule has 0 saturated carbocycles. The van der Waals surface area contributed by atoms with Crippen LogP contribution < -0.4 is 18.9 Å². The first-order valence-electron chi connectivity index (χ1n) is 12.0. The van der Waals surface area contributed by atoms with Crippen molar-refractivity contribution in [2.24, 2.45) is 0 Å². The molecule has 0 radical (unpaired) electrons. The van der Waals surface area contributed by atoms with Crippen LogP contribution in [-0.4, -0.2) is 39.8 Å². The van der Waals surface area contributed by atoms with E-state index < -0.39 is 13.9 Å². The van der Waals surface area contributed by atoms with E-state index in [9.17, 15) is 4.79 Å². The largest absolute Gasteiger partial charge is 0.454 e. The summed E-state index contributed by atoms with van der Waals surface area (Å²) in [6, 6.07) is 10.5. The van der Waals surface area contributed by atoms with Crippen molar-refractivity contribution >= 4 is 20.3 Å². The maximum Gasteiger partial charge on any atom is 0.258 e. The number of likely N-dealkylation sites (N-methyl/N-ethyl adjacent to an activating group) is 1. The van der Waals surface area contributed by atoms with Gasteiger partial charge in [0.1, 0.15) is 5.60 Å². The molecule has 2 aromatic rings. The number of amides is 1. The lowest BCUT2D eigenvalue weighted by molar-refractivity contribution is -0.00397. The number of benzene rings is 2. The average molecular weight is 480 g/mol. The minimum Gasteiger partial charge on any atom is -0.454 e. The van der Waals surface area contributed by atoms with Crippen molar-refractivity contribution in [3.63, 3.8) is 0 Å². The highest BCUT2D eigenvalue weighted by molar-refractivity contribution is 6.73. The highest BCUT2D eigenvalue weighted by Gasteiger charge is 2.56. The molecule has 0 aromatic heterocycles. The van der Waals surface area contributed by atoms with E-state index in [-0.39, 0.29) is 25.5 Å². The van der Waals surface area contributed by atoms with Crippen LogP contribution in [0.15, 0.2) is 30.3 Å². The van der Waals surface area contributed by atoms with Crippen molar-refractivity contribution in [1.82, 2.24) is 4.90 Å². The van der Waals surface area contributed by atoms with Gasteiger partial charge in [-0.25, -0.2) is 0 Å². The summed E-state index contributed by atoms with van der Waals surface area (Å²) in [5.74, 6) is 2.44. The zero-order valence-corrected chi connectivity index (χ0v) is 21.0. The van der Waals surface area contributed by atoms with E-state index in [0.717, 1.165) is 40.6 Å². The summed E-state index contributed by atoms with van der Waals surface area (Å²) in [6.07, 6.45) is 4.25. The molecular weight excluding hydrogens is 450 g/mol. The highest BCUT2D eigenvalue weighted by Crippen LogP contribution is 2.58. The summed E-state index contributed by atoms with van der Waals surface area (Å²) < 4.78 is 30.1. The lowest BCUT2D eigenvalue weighted by atomic mass is 9.72. The molecular formula is C26H29NO6Si. The Morgan fingerprint density at radius 2 is 1.68 bits per heavy atom. The first kappa shape index (κ1) is 21.6. The molecule has 1 amide bonds. The van der Waals surface area contributed by atoms with Gasteiger partial charge >= 0.3 is 0 Å². The number of fused-ring (bicyclic) bond motifs is 8. The molecule has 178 valence electrons. The van der Waals surface area contributed by atoms with E-state index in [2.05, 4.69) is 32.9 Å². The van der Waals surface area contributed by atoms with E-state index in [1.54, 1.807) is 4.90 Å². The molecule has 3 aliphatic heterocycles. The van der Waals surface area contributed by atoms with Crippen LogP contribution in [0.4, 0.5) is 0 Å². The molecule has 6 rings (SSSR count). The Hall–Kier alpha value is -2.97. The number of carbonyl (C=O) groups excluding carboxylic acids is 1. The zero-order chi connectivity index (χ0) is 23.7. The van der Waals surface area contributed by atoms with Gasteiger partial charge in [-0.1, -0.05) is 32.9 Å². The smallest absolute Gasteiger partial charge is 0.258 e. The summed E-state index contributed by atoms with van der Waals surface area (Å²) >= 11 is 0. The van der Waals surface area contributed by atoms with Crippen molar-refractivity contribution in [3.8, 4) is 23.0 Å². The maximum atomic E-state index is 13.9. The molecule has 34 heavy (non-hydrogen) atoms. The molecule has 8 heteroatoms. The molecule has 7 nitrogen and oxygen atoms in total. The van der Waals surface area contributed by atoms with E-state index in [1.807, 2.05) is 31.3 Å². The van der Waals surface area contributed by atoms with Gasteiger partial charge in [0.05, 0.1) is 11.6 Å². The van der Waals surface area contributed by atoms with Gasteiger partial charge in [-0.05, 0) is 53.5 Å². The Bertz CT molecular complexity index is 1210. The second-order valence-electron chi connectivity index (χ2n) is 9.35. The van der Waals surface area contributed by atoms with Crippen LogP contribution in [0.1, 0.15) is 53.9 Å². The lowest BCUT2D eigenvalue weighted by Crippen LogP contribution is -2.56. The predicted octanol–water partition coefficient (Wildman–Crippen LogP) is 5.21. The third-order valence-electron chi connectivity index (χ3n) is 7.99. The highest BCUT2D eigenvalue weighted by atomic mass is 28.4. The maximum absolute atomic E-state index is 13.9. The van der Waals surface area contributed by atoms with Gasteiger partial charge in [0, 0.05) is 12.6 Å². The summed E-state index contributed by atoms with van der Waals surface area (Å²) in [5.41, 5.74) is 2.55.